The van der Waals surface area contributed by atoms with Crippen molar-refractivity contribution in [3.8, 4) is 11.6 Å². The Morgan fingerprint density at radius 3 is 2.67 bits per heavy atom. The number of rotatable bonds is 4. The number of nitrogens with two attached hydrogens (primary N) is 1. The summed E-state index contributed by atoms with van der Waals surface area (Å²) < 4.78 is 24.7. The molecule has 2 aliphatic carbocycles. The number of nitrogens with zero attached hydrogens (tertiary/aromatic N) is 5. The summed E-state index contributed by atoms with van der Waals surface area (Å²) in [6.07, 6.45) is 12.6. The molecule has 5 aromatic rings. The van der Waals surface area contributed by atoms with Crippen molar-refractivity contribution in [2.75, 3.05) is 5.73 Å². The molecular weight excluding hydrogens is 455 g/mol. The van der Waals surface area contributed by atoms with Gasteiger partial charge in [0.15, 0.2) is 23.0 Å². The maximum atomic E-state index is 14.9. The Labute approximate surface area is 206 Å². The molecule has 0 spiro atoms. The fourth-order valence-corrected chi connectivity index (χ4v) is 5.31. The highest BCUT2D eigenvalue weighted by Gasteiger charge is 2.28. The van der Waals surface area contributed by atoms with Crippen LogP contribution in [0.5, 0.6) is 5.75 Å². The lowest BCUT2D eigenvalue weighted by Crippen LogP contribution is -2.12. The van der Waals surface area contributed by atoms with E-state index in [0.29, 0.717) is 22.7 Å². The van der Waals surface area contributed by atoms with Crippen molar-refractivity contribution in [3.05, 3.63) is 95.9 Å². The van der Waals surface area contributed by atoms with Gasteiger partial charge in [0.25, 0.3) is 0 Å². The molecule has 0 unspecified atom stereocenters. The van der Waals surface area contributed by atoms with Crippen molar-refractivity contribution >= 4 is 27.8 Å². The van der Waals surface area contributed by atoms with E-state index >= 15 is 0 Å². The van der Waals surface area contributed by atoms with Gasteiger partial charge < -0.3 is 10.5 Å². The fourth-order valence-electron chi connectivity index (χ4n) is 5.31. The van der Waals surface area contributed by atoms with E-state index in [2.05, 4.69) is 40.3 Å². The lowest BCUT2D eigenvalue weighted by atomic mass is 10.1. The Bertz CT molecular complexity index is 1690. The zero-order chi connectivity index (χ0) is 24.2. The Kier molecular flexibility index (Phi) is 4.67. The van der Waals surface area contributed by atoms with Crippen molar-refractivity contribution in [2.24, 2.45) is 0 Å². The van der Waals surface area contributed by atoms with Crippen molar-refractivity contribution in [1.29, 1.82) is 0 Å². The molecule has 0 amide bonds. The molecular formula is C28H23FN6O. The predicted octanol–water partition coefficient (Wildman–Crippen LogP) is 5.44. The van der Waals surface area contributed by atoms with Crippen LogP contribution in [0, 0.1) is 5.82 Å². The van der Waals surface area contributed by atoms with Crippen LogP contribution in [0.15, 0.2) is 79.0 Å². The van der Waals surface area contributed by atoms with E-state index in [4.69, 9.17) is 15.6 Å². The Morgan fingerprint density at radius 1 is 1.06 bits per heavy atom. The largest absolute Gasteiger partial charge is 0.459 e. The SMILES string of the molecule is Nc1ncnc2c1c(-n1ccc3cc(F)c(OC4=CC=CCC4)cc31)nn2C1Cc2ccccc2C1. The first-order valence-electron chi connectivity index (χ1n) is 12.1. The second kappa shape index (κ2) is 8.05. The van der Waals surface area contributed by atoms with Crippen LogP contribution in [-0.4, -0.2) is 24.3 Å². The summed E-state index contributed by atoms with van der Waals surface area (Å²) in [5, 5.41) is 6.44. The average molecular weight is 479 g/mol. The third-order valence-corrected chi connectivity index (χ3v) is 7.06. The number of hydrogen-bond donors (Lipinski definition) is 1. The van der Waals surface area contributed by atoms with Crippen LogP contribution >= 0.6 is 0 Å². The zero-order valence-corrected chi connectivity index (χ0v) is 19.4. The Hall–Kier alpha value is -4.46. The molecule has 0 fully saturated rings. The molecule has 3 aromatic heterocycles. The van der Waals surface area contributed by atoms with Gasteiger partial charge in [-0.25, -0.2) is 19.0 Å². The van der Waals surface area contributed by atoms with E-state index in [1.807, 2.05) is 33.7 Å². The van der Waals surface area contributed by atoms with Crippen LogP contribution in [0.1, 0.15) is 30.0 Å². The molecule has 7 nitrogen and oxygen atoms in total. The minimum Gasteiger partial charge on any atom is -0.459 e. The van der Waals surface area contributed by atoms with Crippen LogP contribution < -0.4 is 10.5 Å². The Morgan fingerprint density at radius 2 is 1.89 bits per heavy atom. The van der Waals surface area contributed by atoms with Crippen molar-refractivity contribution in [2.45, 2.75) is 31.7 Å². The summed E-state index contributed by atoms with van der Waals surface area (Å²) in [5.74, 6) is 1.49. The van der Waals surface area contributed by atoms with Gasteiger partial charge >= 0.3 is 0 Å². The monoisotopic (exact) mass is 478 g/mol. The summed E-state index contributed by atoms with van der Waals surface area (Å²) in [6.45, 7) is 0. The van der Waals surface area contributed by atoms with Gasteiger partial charge in [0.05, 0.1) is 11.6 Å². The van der Waals surface area contributed by atoms with Crippen LogP contribution in [0.3, 0.4) is 0 Å². The number of fused-ring (bicyclic) bond motifs is 3. The number of aromatic nitrogens is 5. The Balaban J connectivity index is 1.36. The summed E-state index contributed by atoms with van der Waals surface area (Å²) in [6, 6.07) is 13.7. The van der Waals surface area contributed by atoms with Gasteiger partial charge in [-0.3, -0.25) is 4.57 Å². The summed E-state index contributed by atoms with van der Waals surface area (Å²) in [4.78, 5) is 8.81. The van der Waals surface area contributed by atoms with Gasteiger partial charge in [-0.15, -0.1) is 0 Å². The number of anilines is 1. The van der Waals surface area contributed by atoms with Crippen molar-refractivity contribution < 1.29 is 9.13 Å². The van der Waals surface area contributed by atoms with E-state index in [9.17, 15) is 4.39 Å². The molecule has 36 heavy (non-hydrogen) atoms. The molecule has 7 rings (SSSR count). The van der Waals surface area contributed by atoms with Crippen molar-refractivity contribution in [3.63, 3.8) is 0 Å². The van der Waals surface area contributed by atoms with Crippen LogP contribution in [0.4, 0.5) is 10.2 Å². The number of benzene rings is 2. The van der Waals surface area contributed by atoms with Crippen LogP contribution in [0.2, 0.25) is 0 Å². The molecule has 0 bridgehead atoms. The lowest BCUT2D eigenvalue weighted by Gasteiger charge is -2.13. The predicted molar refractivity (Wildman–Crippen MR) is 136 cm³/mol. The molecule has 8 heteroatoms. The third kappa shape index (κ3) is 3.29. The highest BCUT2D eigenvalue weighted by Crippen LogP contribution is 2.36. The number of ether oxygens (including phenoxy) is 1. The van der Waals surface area contributed by atoms with Crippen LogP contribution in [-0.2, 0) is 12.8 Å². The minimum absolute atomic E-state index is 0.123. The molecule has 3 heterocycles. The highest BCUT2D eigenvalue weighted by molar-refractivity contribution is 5.95. The number of nitrogen functional groups attached to an aromatic ring is 1. The molecule has 2 aliphatic rings. The average Bonchev–Trinajstić information content (AvgIpc) is 3.60. The van der Waals surface area contributed by atoms with E-state index in [1.165, 1.54) is 23.5 Å². The van der Waals surface area contributed by atoms with E-state index < -0.39 is 5.82 Å². The lowest BCUT2D eigenvalue weighted by molar-refractivity contribution is 0.379. The van der Waals surface area contributed by atoms with Gasteiger partial charge in [0.2, 0.25) is 0 Å². The maximum absolute atomic E-state index is 14.9. The van der Waals surface area contributed by atoms with Gasteiger partial charge in [0.1, 0.15) is 23.3 Å². The molecule has 0 atom stereocenters. The zero-order valence-electron chi connectivity index (χ0n) is 19.4. The quantitative estimate of drug-likeness (QED) is 0.372. The fraction of sp³-hybridized carbons (Fsp3) is 0.179. The maximum Gasteiger partial charge on any atom is 0.172 e. The first-order chi connectivity index (χ1) is 17.7. The number of allylic oxidation sites excluding steroid dienone is 4. The van der Waals surface area contributed by atoms with Gasteiger partial charge in [0, 0.05) is 24.1 Å². The minimum atomic E-state index is -0.405. The molecule has 0 saturated heterocycles. The van der Waals surface area contributed by atoms with Crippen LogP contribution in [0.25, 0.3) is 27.8 Å². The smallest absolute Gasteiger partial charge is 0.172 e. The van der Waals surface area contributed by atoms with Gasteiger partial charge in [-0.2, -0.15) is 5.10 Å². The van der Waals surface area contributed by atoms with E-state index in [-0.39, 0.29) is 11.8 Å². The molecule has 2 aromatic carbocycles. The molecule has 178 valence electrons. The third-order valence-electron chi connectivity index (χ3n) is 7.06. The number of hydrogen-bond acceptors (Lipinski definition) is 5. The van der Waals surface area contributed by atoms with Gasteiger partial charge in [-0.05, 0) is 48.6 Å². The van der Waals surface area contributed by atoms with E-state index in [1.54, 1.807) is 6.07 Å². The first kappa shape index (κ1) is 20.9. The molecule has 0 radical (unpaired) electrons. The summed E-state index contributed by atoms with van der Waals surface area (Å²) >= 11 is 0. The number of halogens is 1. The summed E-state index contributed by atoms with van der Waals surface area (Å²) in [7, 11) is 0. The standard InChI is InChI=1S/C28H23FN6O/c29-22-14-19-10-11-34(23(19)15-24(22)36-21-8-2-1-3-9-21)28-25-26(30)31-16-32-27(25)35(33-28)20-12-17-6-4-5-7-18(17)13-20/h1-2,4-8,10-11,14-16,20H,3,9,12-13H2,(H2,30,31,32). The van der Waals surface area contributed by atoms with Gasteiger partial charge in [-0.1, -0.05) is 36.4 Å². The van der Waals surface area contributed by atoms with E-state index in [0.717, 1.165) is 42.3 Å². The topological polar surface area (TPSA) is 83.8 Å². The molecule has 0 aliphatic heterocycles. The second-order valence-electron chi connectivity index (χ2n) is 9.29. The summed E-state index contributed by atoms with van der Waals surface area (Å²) in [5.41, 5.74) is 10.5. The first-order valence-corrected chi connectivity index (χ1v) is 12.1. The molecule has 0 saturated carbocycles. The second-order valence-corrected chi connectivity index (χ2v) is 9.29. The highest BCUT2D eigenvalue weighted by atomic mass is 19.1. The molecule has 2 N–H and O–H groups in total. The normalized spacial score (nSPS) is 15.5. The van der Waals surface area contributed by atoms with Crippen molar-refractivity contribution in [1.82, 2.24) is 24.3 Å².